The third-order valence-corrected chi connectivity index (χ3v) is 2.08. The first-order chi connectivity index (χ1) is 6.70. The lowest BCUT2D eigenvalue weighted by Gasteiger charge is -1.98. The van der Waals surface area contributed by atoms with Gasteiger partial charge in [-0.05, 0) is 12.8 Å². The first kappa shape index (κ1) is 11.0. The van der Waals surface area contributed by atoms with Crippen LogP contribution in [-0.2, 0) is 13.0 Å². The second-order valence-electron chi connectivity index (χ2n) is 3.20. The Labute approximate surface area is 82.5 Å². The van der Waals surface area contributed by atoms with Crippen LogP contribution in [-0.4, -0.2) is 21.5 Å². The van der Waals surface area contributed by atoms with Gasteiger partial charge in [-0.3, -0.25) is 0 Å². The maximum atomic E-state index is 13.4. The molecule has 0 aromatic carbocycles. The number of rotatable bonds is 5. The van der Waals surface area contributed by atoms with Crippen LogP contribution in [0.25, 0.3) is 0 Å². The van der Waals surface area contributed by atoms with E-state index in [0.29, 0.717) is 12.1 Å². The summed E-state index contributed by atoms with van der Waals surface area (Å²) >= 11 is 0. The predicted molar refractivity (Wildman–Crippen MR) is 52.3 cm³/mol. The Morgan fingerprint density at radius 2 is 2.29 bits per heavy atom. The zero-order valence-electron chi connectivity index (χ0n) is 8.33. The molecule has 0 aliphatic heterocycles. The molecule has 0 saturated heterocycles. The summed E-state index contributed by atoms with van der Waals surface area (Å²) in [6, 6.07) is 0. The van der Waals surface area contributed by atoms with Crippen LogP contribution in [0, 0.1) is 5.82 Å². The van der Waals surface area contributed by atoms with Crippen molar-refractivity contribution in [3.05, 3.63) is 11.5 Å². The van der Waals surface area contributed by atoms with E-state index in [1.807, 2.05) is 6.92 Å². The van der Waals surface area contributed by atoms with Crippen molar-refractivity contribution in [1.29, 1.82) is 0 Å². The molecular formula is C9H16FN3O. The van der Waals surface area contributed by atoms with Crippen LogP contribution in [0.5, 0.6) is 0 Å². The number of aliphatic hydroxyl groups is 1. The second-order valence-corrected chi connectivity index (χ2v) is 3.20. The summed E-state index contributed by atoms with van der Waals surface area (Å²) in [5.41, 5.74) is 5.88. The summed E-state index contributed by atoms with van der Waals surface area (Å²) in [7, 11) is 0. The van der Waals surface area contributed by atoms with Gasteiger partial charge in [-0.2, -0.15) is 5.10 Å². The molecule has 1 aromatic heterocycles. The molecule has 1 heterocycles. The molecule has 80 valence electrons. The van der Waals surface area contributed by atoms with Crippen LogP contribution in [0.3, 0.4) is 0 Å². The van der Waals surface area contributed by atoms with E-state index in [1.165, 1.54) is 4.68 Å². The van der Waals surface area contributed by atoms with E-state index in [4.69, 9.17) is 10.8 Å². The smallest absolute Gasteiger partial charge is 0.188 e. The highest BCUT2D eigenvalue weighted by molar-refractivity contribution is 5.33. The van der Waals surface area contributed by atoms with Crippen LogP contribution in [0.2, 0.25) is 0 Å². The van der Waals surface area contributed by atoms with Crippen LogP contribution in [0.4, 0.5) is 10.2 Å². The minimum Gasteiger partial charge on any atom is -0.394 e. The maximum Gasteiger partial charge on any atom is 0.188 e. The Kier molecular flexibility index (Phi) is 3.88. The number of halogens is 1. The molecule has 0 amide bonds. The molecule has 5 heteroatoms. The summed E-state index contributed by atoms with van der Waals surface area (Å²) in [5, 5.41) is 12.7. The van der Waals surface area contributed by atoms with Crippen molar-refractivity contribution in [2.75, 3.05) is 12.3 Å². The first-order valence-electron chi connectivity index (χ1n) is 4.82. The highest BCUT2D eigenvalue weighted by atomic mass is 19.1. The molecule has 0 unspecified atom stereocenters. The highest BCUT2D eigenvalue weighted by Gasteiger charge is 2.13. The molecule has 0 radical (unpaired) electrons. The summed E-state index contributed by atoms with van der Waals surface area (Å²) in [6.45, 7) is 2.19. The molecule has 0 saturated carbocycles. The molecule has 0 aliphatic rings. The molecule has 3 N–H and O–H groups in total. The third kappa shape index (κ3) is 2.23. The van der Waals surface area contributed by atoms with Crippen molar-refractivity contribution in [3.63, 3.8) is 0 Å². The molecule has 4 nitrogen and oxygen atoms in total. The molecule has 14 heavy (non-hydrogen) atoms. The Balaban J connectivity index is 2.79. The van der Waals surface area contributed by atoms with Gasteiger partial charge in [-0.15, -0.1) is 0 Å². The fraction of sp³-hybridized carbons (Fsp3) is 0.667. The highest BCUT2D eigenvalue weighted by Crippen LogP contribution is 2.16. The number of aliphatic hydroxyl groups excluding tert-OH is 1. The SMILES string of the molecule is CCCCc1nn(CCO)c(N)c1F. The van der Waals surface area contributed by atoms with Crippen molar-refractivity contribution in [1.82, 2.24) is 9.78 Å². The zero-order chi connectivity index (χ0) is 10.6. The van der Waals surface area contributed by atoms with E-state index in [1.54, 1.807) is 0 Å². The second kappa shape index (κ2) is 4.95. The van der Waals surface area contributed by atoms with Gasteiger partial charge in [0, 0.05) is 0 Å². The van der Waals surface area contributed by atoms with Gasteiger partial charge in [0.05, 0.1) is 13.2 Å². The number of nitrogens with zero attached hydrogens (tertiary/aromatic N) is 2. The summed E-state index contributed by atoms with van der Waals surface area (Å²) < 4.78 is 14.7. The Bertz CT molecular complexity index is 298. The fourth-order valence-electron chi connectivity index (χ4n) is 1.27. The van der Waals surface area contributed by atoms with Gasteiger partial charge in [0.15, 0.2) is 11.6 Å². The van der Waals surface area contributed by atoms with Gasteiger partial charge in [-0.1, -0.05) is 13.3 Å². The summed E-state index contributed by atoms with van der Waals surface area (Å²) in [4.78, 5) is 0. The molecule has 0 fully saturated rings. The van der Waals surface area contributed by atoms with Crippen LogP contribution in [0.1, 0.15) is 25.5 Å². The molecule has 1 rings (SSSR count). The van der Waals surface area contributed by atoms with Gasteiger partial charge in [0.1, 0.15) is 5.69 Å². The number of unbranched alkanes of at least 4 members (excludes halogenated alkanes) is 1. The number of nitrogens with two attached hydrogens (primary N) is 1. The molecule has 0 bridgehead atoms. The van der Waals surface area contributed by atoms with Gasteiger partial charge in [0.2, 0.25) is 0 Å². The van der Waals surface area contributed by atoms with Gasteiger partial charge in [0.25, 0.3) is 0 Å². The monoisotopic (exact) mass is 201 g/mol. The van der Waals surface area contributed by atoms with E-state index in [9.17, 15) is 4.39 Å². The lowest BCUT2D eigenvalue weighted by atomic mass is 10.2. The first-order valence-corrected chi connectivity index (χ1v) is 4.82. The maximum absolute atomic E-state index is 13.4. The number of aryl methyl sites for hydroxylation is 1. The lowest BCUT2D eigenvalue weighted by Crippen LogP contribution is -2.08. The Morgan fingerprint density at radius 3 is 2.86 bits per heavy atom. The topological polar surface area (TPSA) is 64.1 Å². The van der Waals surface area contributed by atoms with Gasteiger partial charge in [-0.25, -0.2) is 9.07 Å². The minimum absolute atomic E-state index is 0.0187. The molecule has 0 atom stereocenters. The molecule has 0 aliphatic carbocycles. The average Bonchev–Trinajstić information content (AvgIpc) is 2.44. The minimum atomic E-state index is -0.438. The average molecular weight is 201 g/mol. The number of nitrogen functional groups attached to an aromatic ring is 1. The normalized spacial score (nSPS) is 10.8. The van der Waals surface area contributed by atoms with E-state index in [2.05, 4.69) is 5.10 Å². The van der Waals surface area contributed by atoms with Crippen LogP contribution in [0.15, 0.2) is 0 Å². The Morgan fingerprint density at radius 1 is 1.57 bits per heavy atom. The summed E-state index contributed by atoms with van der Waals surface area (Å²) in [5.74, 6) is -0.419. The van der Waals surface area contributed by atoms with Crippen LogP contribution >= 0.6 is 0 Å². The predicted octanol–water partition coefficient (Wildman–Crippen LogP) is 0.939. The molecule has 1 aromatic rings. The zero-order valence-corrected chi connectivity index (χ0v) is 8.33. The molecule has 0 spiro atoms. The van der Waals surface area contributed by atoms with E-state index < -0.39 is 5.82 Å². The Hall–Kier alpha value is -1.10. The number of hydrogen-bond donors (Lipinski definition) is 2. The van der Waals surface area contributed by atoms with Gasteiger partial charge < -0.3 is 10.8 Å². The number of anilines is 1. The van der Waals surface area contributed by atoms with Gasteiger partial charge >= 0.3 is 0 Å². The van der Waals surface area contributed by atoms with Crippen molar-refractivity contribution in [2.45, 2.75) is 32.7 Å². The van der Waals surface area contributed by atoms with E-state index in [-0.39, 0.29) is 19.0 Å². The lowest BCUT2D eigenvalue weighted by molar-refractivity contribution is 0.270. The van der Waals surface area contributed by atoms with E-state index in [0.717, 1.165) is 12.8 Å². The third-order valence-electron chi connectivity index (χ3n) is 2.08. The fourth-order valence-corrected chi connectivity index (χ4v) is 1.27. The standard InChI is InChI=1S/C9H16FN3O/c1-2-3-4-7-8(10)9(11)13(12-7)5-6-14/h14H,2-6,11H2,1H3. The van der Waals surface area contributed by atoms with Crippen molar-refractivity contribution in [2.24, 2.45) is 0 Å². The van der Waals surface area contributed by atoms with Crippen molar-refractivity contribution in [3.8, 4) is 0 Å². The quantitative estimate of drug-likeness (QED) is 0.745. The van der Waals surface area contributed by atoms with Crippen molar-refractivity contribution < 1.29 is 9.50 Å². The number of hydrogen-bond acceptors (Lipinski definition) is 3. The largest absolute Gasteiger partial charge is 0.394 e. The van der Waals surface area contributed by atoms with Crippen molar-refractivity contribution >= 4 is 5.82 Å². The number of aromatic nitrogens is 2. The van der Waals surface area contributed by atoms with E-state index >= 15 is 0 Å². The molecular weight excluding hydrogens is 185 g/mol. The van der Waals surface area contributed by atoms with Crippen LogP contribution < -0.4 is 5.73 Å². The summed E-state index contributed by atoms with van der Waals surface area (Å²) in [6.07, 6.45) is 2.49.